The van der Waals surface area contributed by atoms with Gasteiger partial charge in [0.25, 0.3) is 0 Å². The van der Waals surface area contributed by atoms with Crippen LogP contribution >= 0.6 is 0 Å². The molecule has 0 aliphatic carbocycles. The third-order valence-electron chi connectivity index (χ3n) is 1.74. The van der Waals surface area contributed by atoms with E-state index in [2.05, 4.69) is 45.0 Å². The van der Waals surface area contributed by atoms with E-state index >= 15 is 0 Å². The van der Waals surface area contributed by atoms with Crippen LogP contribution < -0.4 is 0 Å². The van der Waals surface area contributed by atoms with Crippen molar-refractivity contribution >= 4 is 0 Å². The number of aryl methyl sites for hydroxylation is 1. The van der Waals surface area contributed by atoms with Crippen LogP contribution in [0, 0.1) is 38.0 Å². The van der Waals surface area contributed by atoms with E-state index in [1.165, 1.54) is 11.1 Å². The molecule has 0 radical (unpaired) electrons. The van der Waals surface area contributed by atoms with Crippen LogP contribution in [0.1, 0.15) is 30.9 Å². The molecule has 0 unspecified atom stereocenters. The Bertz CT molecular complexity index is 199. The van der Waals surface area contributed by atoms with Gasteiger partial charge in [0.05, 0.1) is 0 Å². The average Bonchev–Trinajstić information content (AvgIpc) is 1.88. The third-order valence-corrected chi connectivity index (χ3v) is 1.74. The summed E-state index contributed by atoms with van der Waals surface area (Å²) in [6, 6.07) is 8.71. The van der Waals surface area contributed by atoms with E-state index in [4.69, 9.17) is 0 Å². The molecule has 0 aliphatic heterocycles. The molecule has 0 aromatic heterocycles. The molecule has 0 bridgehead atoms. The predicted molar refractivity (Wildman–Crippen MR) is 45.3 cm³/mol. The number of rotatable bonds is 1. The summed E-state index contributed by atoms with van der Waals surface area (Å²) in [5, 5.41) is 0. The SMILES string of the molecule is Cc1ccc(C(C)C)cc1.[U]. The Morgan fingerprint density at radius 2 is 1.45 bits per heavy atom. The summed E-state index contributed by atoms with van der Waals surface area (Å²) in [7, 11) is 0. The molecular formula is C10H14U. The minimum atomic E-state index is 0. The molecule has 0 saturated carbocycles. The number of benzene rings is 1. The van der Waals surface area contributed by atoms with E-state index in [0.29, 0.717) is 5.92 Å². The summed E-state index contributed by atoms with van der Waals surface area (Å²) in [6.07, 6.45) is 0. The van der Waals surface area contributed by atoms with Crippen LogP contribution in [0.5, 0.6) is 0 Å². The zero-order valence-electron chi connectivity index (χ0n) is 7.39. The Morgan fingerprint density at radius 3 is 1.82 bits per heavy atom. The molecule has 0 saturated heterocycles. The molecule has 0 aliphatic rings. The second kappa shape index (κ2) is 5.01. The van der Waals surface area contributed by atoms with Crippen molar-refractivity contribution < 1.29 is 31.1 Å². The molecule has 1 rings (SSSR count). The van der Waals surface area contributed by atoms with Gasteiger partial charge in [-0.1, -0.05) is 43.7 Å². The van der Waals surface area contributed by atoms with Crippen molar-refractivity contribution in [2.45, 2.75) is 26.7 Å². The van der Waals surface area contributed by atoms with Gasteiger partial charge in [-0.3, -0.25) is 0 Å². The fourth-order valence-corrected chi connectivity index (χ4v) is 0.951. The minimum Gasteiger partial charge on any atom is -0.0590 e. The predicted octanol–water partition coefficient (Wildman–Crippen LogP) is 3.12. The van der Waals surface area contributed by atoms with Gasteiger partial charge in [0, 0.05) is 31.1 Å². The van der Waals surface area contributed by atoms with Gasteiger partial charge < -0.3 is 0 Å². The molecule has 58 valence electrons. The normalized spacial score (nSPS) is 9.45. The van der Waals surface area contributed by atoms with E-state index in [1.807, 2.05) is 0 Å². The van der Waals surface area contributed by atoms with Crippen molar-refractivity contribution in [1.82, 2.24) is 0 Å². The standard InChI is InChI=1S/C10H14.U/c1-8(2)10-6-4-9(3)5-7-10;/h4-8H,1-3H3;. The van der Waals surface area contributed by atoms with Crippen molar-refractivity contribution in [2.24, 2.45) is 0 Å². The van der Waals surface area contributed by atoms with E-state index in [-0.39, 0.29) is 31.1 Å². The zero-order valence-corrected chi connectivity index (χ0v) is 11.6. The number of hydrogen-bond donors (Lipinski definition) is 0. The maximum Gasteiger partial charge on any atom is 0 e. The topological polar surface area (TPSA) is 0 Å². The van der Waals surface area contributed by atoms with Crippen molar-refractivity contribution in [3.05, 3.63) is 35.4 Å². The van der Waals surface area contributed by atoms with E-state index in [1.54, 1.807) is 0 Å². The Labute approximate surface area is 92.8 Å². The first-order valence-electron chi connectivity index (χ1n) is 3.76. The molecule has 0 atom stereocenters. The maximum absolute atomic E-state index is 2.21. The Morgan fingerprint density at radius 1 is 1.00 bits per heavy atom. The van der Waals surface area contributed by atoms with E-state index in [9.17, 15) is 0 Å². The van der Waals surface area contributed by atoms with Gasteiger partial charge in [-0.25, -0.2) is 0 Å². The van der Waals surface area contributed by atoms with Crippen LogP contribution in [0.3, 0.4) is 0 Å². The molecule has 0 nitrogen and oxygen atoms in total. The molecule has 0 fully saturated rings. The molecule has 0 heterocycles. The van der Waals surface area contributed by atoms with Gasteiger partial charge in [-0.2, -0.15) is 0 Å². The van der Waals surface area contributed by atoms with Crippen LogP contribution in [0.4, 0.5) is 0 Å². The molecule has 0 N–H and O–H groups in total. The minimum absolute atomic E-state index is 0. The third kappa shape index (κ3) is 3.45. The molecule has 1 aromatic rings. The summed E-state index contributed by atoms with van der Waals surface area (Å²) in [5.41, 5.74) is 2.76. The maximum atomic E-state index is 2.21. The van der Waals surface area contributed by atoms with Crippen LogP contribution in [0.25, 0.3) is 0 Å². The first-order chi connectivity index (χ1) is 4.70. The van der Waals surface area contributed by atoms with Crippen molar-refractivity contribution in [1.29, 1.82) is 0 Å². The summed E-state index contributed by atoms with van der Waals surface area (Å²) in [4.78, 5) is 0. The van der Waals surface area contributed by atoms with Crippen LogP contribution in [-0.2, 0) is 0 Å². The summed E-state index contributed by atoms with van der Waals surface area (Å²) in [6.45, 7) is 6.54. The van der Waals surface area contributed by atoms with Crippen LogP contribution in [0.2, 0.25) is 0 Å². The Hall–Kier alpha value is 0.272. The average molecular weight is 372 g/mol. The van der Waals surface area contributed by atoms with Crippen LogP contribution in [-0.4, -0.2) is 0 Å². The second-order valence-electron chi connectivity index (χ2n) is 3.07. The zero-order chi connectivity index (χ0) is 7.56. The fourth-order valence-electron chi connectivity index (χ4n) is 0.951. The fraction of sp³-hybridized carbons (Fsp3) is 0.400. The second-order valence-corrected chi connectivity index (χ2v) is 3.07. The number of hydrogen-bond acceptors (Lipinski definition) is 0. The Balaban J connectivity index is 0.000001000. The van der Waals surface area contributed by atoms with Gasteiger partial charge in [-0.15, -0.1) is 0 Å². The largest absolute Gasteiger partial charge is 0.0590 e. The summed E-state index contributed by atoms with van der Waals surface area (Å²) in [5.74, 6) is 0.653. The van der Waals surface area contributed by atoms with Crippen LogP contribution in [0.15, 0.2) is 24.3 Å². The van der Waals surface area contributed by atoms with Crippen molar-refractivity contribution in [3.8, 4) is 0 Å². The molecule has 0 spiro atoms. The van der Waals surface area contributed by atoms with E-state index in [0.717, 1.165) is 0 Å². The smallest absolute Gasteiger partial charge is 0 e. The summed E-state index contributed by atoms with van der Waals surface area (Å²) < 4.78 is 0. The van der Waals surface area contributed by atoms with Crippen molar-refractivity contribution in [3.63, 3.8) is 0 Å². The van der Waals surface area contributed by atoms with Gasteiger partial charge in [0.2, 0.25) is 0 Å². The summed E-state index contributed by atoms with van der Waals surface area (Å²) >= 11 is 0. The molecule has 1 aromatic carbocycles. The monoisotopic (exact) mass is 372 g/mol. The van der Waals surface area contributed by atoms with E-state index < -0.39 is 0 Å². The molecular weight excluding hydrogens is 358 g/mol. The van der Waals surface area contributed by atoms with Gasteiger partial charge in [0.1, 0.15) is 0 Å². The molecule has 0 amide bonds. The molecule has 1 heteroatoms. The first kappa shape index (κ1) is 11.3. The van der Waals surface area contributed by atoms with Crippen molar-refractivity contribution in [2.75, 3.05) is 0 Å². The quantitative estimate of drug-likeness (QED) is 0.711. The van der Waals surface area contributed by atoms with Gasteiger partial charge in [0.15, 0.2) is 0 Å². The first-order valence-corrected chi connectivity index (χ1v) is 3.76. The van der Waals surface area contributed by atoms with Gasteiger partial charge in [-0.05, 0) is 18.4 Å². The molecule has 11 heavy (non-hydrogen) atoms. The van der Waals surface area contributed by atoms with Gasteiger partial charge >= 0.3 is 0 Å². The Kier molecular flexibility index (Phi) is 5.14.